The van der Waals surface area contributed by atoms with E-state index < -0.39 is 28.4 Å². The molecule has 1 fully saturated rings. The number of Topliss-reactive ketones (excluding diaryl/α,β-unsaturated/α-hetero) is 1. The van der Waals surface area contributed by atoms with Crippen LogP contribution in [-0.4, -0.2) is 65.2 Å². The van der Waals surface area contributed by atoms with E-state index in [1.165, 1.54) is 36.3 Å². The van der Waals surface area contributed by atoms with E-state index in [4.69, 9.17) is 14.6 Å². The summed E-state index contributed by atoms with van der Waals surface area (Å²) < 4.78 is 10.5. The lowest BCUT2D eigenvalue weighted by Gasteiger charge is -2.25. The Morgan fingerprint density at radius 1 is 1.16 bits per heavy atom. The normalized spacial score (nSPS) is 17.6. The number of non-ortho nitro benzene ring substituents is 1. The highest BCUT2D eigenvalue weighted by molar-refractivity contribution is 6.46. The number of ether oxygens (including phenoxy) is 2. The summed E-state index contributed by atoms with van der Waals surface area (Å²) in [5.41, 5.74) is 0.388. The molecule has 2 N–H and O–H groups in total. The van der Waals surface area contributed by atoms with Crippen LogP contribution in [-0.2, 0) is 14.3 Å². The van der Waals surface area contributed by atoms with Gasteiger partial charge in [-0.1, -0.05) is 12.1 Å². The summed E-state index contributed by atoms with van der Waals surface area (Å²) in [6.45, 7) is 0.0178. The summed E-state index contributed by atoms with van der Waals surface area (Å²) in [7, 11) is 1.48. The summed E-state index contributed by atoms with van der Waals surface area (Å²) in [5.74, 6) is -1.63. The molecular weight excluding hydrogens is 420 g/mol. The Morgan fingerprint density at radius 2 is 1.88 bits per heavy atom. The quantitative estimate of drug-likeness (QED) is 0.150. The highest BCUT2D eigenvalue weighted by Crippen LogP contribution is 2.40. The van der Waals surface area contributed by atoms with Gasteiger partial charge in [0.2, 0.25) is 0 Å². The Balaban J connectivity index is 2.08. The monoisotopic (exact) mass is 442 g/mol. The van der Waals surface area contributed by atoms with Gasteiger partial charge in [0.1, 0.15) is 11.5 Å². The molecule has 2 aromatic carbocycles. The molecule has 0 bridgehead atoms. The summed E-state index contributed by atoms with van der Waals surface area (Å²) >= 11 is 0. The number of aliphatic hydroxyl groups excluding tert-OH is 2. The molecule has 0 unspecified atom stereocenters. The smallest absolute Gasteiger partial charge is 0.295 e. The van der Waals surface area contributed by atoms with E-state index in [-0.39, 0.29) is 43.2 Å². The van der Waals surface area contributed by atoms with Crippen LogP contribution in [0, 0.1) is 10.1 Å². The fourth-order valence-corrected chi connectivity index (χ4v) is 3.49. The zero-order chi connectivity index (χ0) is 23.3. The molecule has 10 nitrogen and oxygen atoms in total. The van der Waals surface area contributed by atoms with Crippen molar-refractivity contribution in [1.29, 1.82) is 0 Å². The third-order valence-corrected chi connectivity index (χ3v) is 5.01. The van der Waals surface area contributed by atoms with Gasteiger partial charge in [0.15, 0.2) is 0 Å². The van der Waals surface area contributed by atoms with Crippen molar-refractivity contribution in [2.24, 2.45) is 0 Å². The van der Waals surface area contributed by atoms with Gasteiger partial charge in [0.05, 0.1) is 43.5 Å². The number of methoxy groups -OCH3 is 1. The average Bonchev–Trinajstić information content (AvgIpc) is 3.06. The first-order chi connectivity index (χ1) is 15.4. The van der Waals surface area contributed by atoms with Crippen LogP contribution >= 0.6 is 0 Å². The number of hydrogen-bond acceptors (Lipinski definition) is 8. The summed E-state index contributed by atoms with van der Waals surface area (Å²) in [4.78, 5) is 37.3. The van der Waals surface area contributed by atoms with Gasteiger partial charge in [-0.25, -0.2) is 0 Å². The predicted molar refractivity (Wildman–Crippen MR) is 113 cm³/mol. The van der Waals surface area contributed by atoms with Crippen LogP contribution in [0.4, 0.5) is 5.69 Å². The van der Waals surface area contributed by atoms with Crippen molar-refractivity contribution in [3.63, 3.8) is 0 Å². The standard InChI is InChI=1S/C22H22N2O8/c1-31-17-4-2-3-15(13-17)19-18(20(26)14-5-7-16(8-6-14)24(29)30)21(27)22(28)23(19)9-11-32-12-10-25/h2-8,13,19,25-26H,9-12H2,1H3/t19-/m0/s1. The first kappa shape index (κ1) is 22.9. The number of nitro groups is 1. The lowest BCUT2D eigenvalue weighted by molar-refractivity contribution is -0.384. The number of aliphatic hydroxyl groups is 2. The Morgan fingerprint density at radius 3 is 2.50 bits per heavy atom. The topological polar surface area (TPSA) is 139 Å². The summed E-state index contributed by atoms with van der Waals surface area (Å²) in [5, 5.41) is 30.7. The zero-order valence-corrected chi connectivity index (χ0v) is 17.3. The molecule has 1 atom stereocenters. The third-order valence-electron chi connectivity index (χ3n) is 5.01. The number of rotatable bonds is 9. The van der Waals surface area contributed by atoms with Gasteiger partial charge in [-0.15, -0.1) is 0 Å². The van der Waals surface area contributed by atoms with E-state index in [0.717, 1.165) is 0 Å². The van der Waals surface area contributed by atoms with E-state index in [1.54, 1.807) is 24.3 Å². The van der Waals surface area contributed by atoms with Gasteiger partial charge in [-0.2, -0.15) is 0 Å². The molecule has 1 amide bonds. The van der Waals surface area contributed by atoms with Crippen molar-refractivity contribution in [3.05, 3.63) is 75.3 Å². The Labute approximate surface area is 183 Å². The number of amides is 1. The molecular formula is C22H22N2O8. The SMILES string of the molecule is COc1cccc([C@H]2C(=C(O)c3ccc([N+](=O)[O-])cc3)C(=O)C(=O)N2CCOCCO)c1. The molecule has 1 saturated heterocycles. The fourth-order valence-electron chi connectivity index (χ4n) is 3.49. The molecule has 32 heavy (non-hydrogen) atoms. The first-order valence-corrected chi connectivity index (χ1v) is 9.74. The van der Waals surface area contributed by atoms with Crippen molar-refractivity contribution in [2.75, 3.05) is 33.5 Å². The van der Waals surface area contributed by atoms with E-state index in [1.807, 2.05) is 0 Å². The van der Waals surface area contributed by atoms with Crippen LogP contribution in [0.5, 0.6) is 5.75 Å². The van der Waals surface area contributed by atoms with Crippen LogP contribution in [0.1, 0.15) is 17.2 Å². The van der Waals surface area contributed by atoms with Crippen molar-refractivity contribution >= 4 is 23.1 Å². The van der Waals surface area contributed by atoms with Crippen molar-refractivity contribution in [2.45, 2.75) is 6.04 Å². The molecule has 0 aliphatic carbocycles. The second-order valence-electron chi connectivity index (χ2n) is 6.91. The second-order valence-corrected chi connectivity index (χ2v) is 6.91. The van der Waals surface area contributed by atoms with Crippen LogP contribution in [0.25, 0.3) is 5.76 Å². The van der Waals surface area contributed by atoms with Gasteiger partial charge >= 0.3 is 0 Å². The number of ketones is 1. The Kier molecular flexibility index (Phi) is 7.18. The predicted octanol–water partition coefficient (Wildman–Crippen LogP) is 2.03. The minimum absolute atomic E-state index is 0.0451. The number of hydrogen-bond donors (Lipinski definition) is 2. The molecule has 0 saturated carbocycles. The maximum absolute atomic E-state index is 12.9. The molecule has 1 aliphatic heterocycles. The third kappa shape index (κ3) is 4.61. The average molecular weight is 442 g/mol. The van der Waals surface area contributed by atoms with Gasteiger partial charge in [0.25, 0.3) is 17.4 Å². The number of likely N-dealkylation sites (tertiary alicyclic amines) is 1. The van der Waals surface area contributed by atoms with Crippen molar-refractivity contribution in [1.82, 2.24) is 4.90 Å². The Hall–Kier alpha value is -3.76. The second kappa shape index (κ2) is 10.0. The van der Waals surface area contributed by atoms with Crippen LogP contribution in [0.2, 0.25) is 0 Å². The number of benzene rings is 2. The van der Waals surface area contributed by atoms with Crippen molar-refractivity contribution in [3.8, 4) is 5.75 Å². The van der Waals surface area contributed by atoms with Crippen LogP contribution in [0.3, 0.4) is 0 Å². The molecule has 0 spiro atoms. The number of nitro benzene ring substituents is 1. The van der Waals surface area contributed by atoms with Crippen LogP contribution in [0.15, 0.2) is 54.1 Å². The summed E-state index contributed by atoms with van der Waals surface area (Å²) in [6.07, 6.45) is 0. The van der Waals surface area contributed by atoms with Gasteiger partial charge in [-0.05, 0) is 29.8 Å². The van der Waals surface area contributed by atoms with E-state index in [2.05, 4.69) is 0 Å². The Bertz CT molecular complexity index is 1050. The molecule has 168 valence electrons. The number of nitrogens with zero attached hydrogens (tertiary/aromatic N) is 2. The lowest BCUT2D eigenvalue weighted by atomic mass is 9.95. The summed E-state index contributed by atoms with van der Waals surface area (Å²) in [6, 6.07) is 10.9. The zero-order valence-electron chi connectivity index (χ0n) is 17.3. The van der Waals surface area contributed by atoms with Crippen LogP contribution < -0.4 is 4.74 Å². The molecule has 10 heteroatoms. The van der Waals surface area contributed by atoms with Gasteiger partial charge in [-0.3, -0.25) is 19.7 Å². The first-order valence-electron chi connectivity index (χ1n) is 9.74. The fraction of sp³-hybridized carbons (Fsp3) is 0.273. The number of carbonyl (C=O) groups excluding carboxylic acids is 2. The molecule has 1 heterocycles. The van der Waals surface area contributed by atoms with E-state index in [0.29, 0.717) is 11.3 Å². The maximum Gasteiger partial charge on any atom is 0.295 e. The lowest BCUT2D eigenvalue weighted by Crippen LogP contribution is -2.33. The highest BCUT2D eigenvalue weighted by Gasteiger charge is 2.46. The minimum Gasteiger partial charge on any atom is -0.507 e. The molecule has 3 rings (SSSR count). The molecule has 0 aromatic heterocycles. The van der Waals surface area contributed by atoms with Gasteiger partial charge < -0.3 is 24.6 Å². The highest BCUT2D eigenvalue weighted by atomic mass is 16.6. The van der Waals surface area contributed by atoms with Crippen molar-refractivity contribution < 1.29 is 34.2 Å². The van der Waals surface area contributed by atoms with E-state index >= 15 is 0 Å². The molecule has 0 radical (unpaired) electrons. The maximum atomic E-state index is 12.9. The molecule has 2 aromatic rings. The molecule has 1 aliphatic rings. The number of carbonyl (C=O) groups is 2. The minimum atomic E-state index is -0.919. The van der Waals surface area contributed by atoms with Gasteiger partial charge in [0, 0.05) is 24.2 Å². The van der Waals surface area contributed by atoms with E-state index in [9.17, 15) is 24.8 Å². The largest absolute Gasteiger partial charge is 0.507 e.